The maximum Gasteiger partial charge on any atom is 0.253 e. The van der Waals surface area contributed by atoms with E-state index in [1.165, 1.54) is 18.9 Å². The van der Waals surface area contributed by atoms with Gasteiger partial charge in [-0.15, -0.1) is 0 Å². The van der Waals surface area contributed by atoms with Gasteiger partial charge in [0.05, 0.1) is 30.2 Å². The van der Waals surface area contributed by atoms with Gasteiger partial charge < -0.3 is 20.3 Å². The molecule has 3 N–H and O–H groups in total. The molecule has 1 aliphatic heterocycles. The molecular formula is C17H18N6O4. The van der Waals surface area contributed by atoms with Gasteiger partial charge in [-0.05, 0) is 19.1 Å². The van der Waals surface area contributed by atoms with Gasteiger partial charge >= 0.3 is 0 Å². The monoisotopic (exact) mass is 370 g/mol. The fourth-order valence-electron chi connectivity index (χ4n) is 3.04. The second kappa shape index (κ2) is 6.99. The van der Waals surface area contributed by atoms with Crippen molar-refractivity contribution in [2.45, 2.75) is 38.0 Å². The molecule has 4 atom stereocenters. The number of hydrogen-bond acceptors (Lipinski definition) is 8. The van der Waals surface area contributed by atoms with Crippen LogP contribution < -0.4 is 5.32 Å². The van der Waals surface area contributed by atoms with E-state index in [4.69, 9.17) is 4.74 Å². The number of ether oxygens (including phenoxy) is 1. The molecule has 1 amide bonds. The van der Waals surface area contributed by atoms with Gasteiger partial charge in [0, 0.05) is 12.4 Å². The summed E-state index contributed by atoms with van der Waals surface area (Å²) < 4.78 is 7.18. The highest BCUT2D eigenvalue weighted by Gasteiger charge is 2.42. The van der Waals surface area contributed by atoms with E-state index in [1.807, 2.05) is 0 Å². The molecule has 0 bridgehead atoms. The van der Waals surface area contributed by atoms with Crippen LogP contribution in [0.5, 0.6) is 0 Å². The number of nitrogens with one attached hydrogen (secondary N) is 1. The van der Waals surface area contributed by atoms with Crippen LogP contribution in [-0.2, 0) is 11.3 Å². The smallest absolute Gasteiger partial charge is 0.253 e. The Labute approximate surface area is 153 Å². The van der Waals surface area contributed by atoms with Crippen molar-refractivity contribution in [1.82, 2.24) is 29.8 Å². The zero-order valence-electron chi connectivity index (χ0n) is 14.4. The number of pyridine rings is 1. The minimum atomic E-state index is -1.10. The summed E-state index contributed by atoms with van der Waals surface area (Å²) in [7, 11) is 0. The van der Waals surface area contributed by atoms with Crippen LogP contribution in [0.3, 0.4) is 0 Å². The number of aliphatic hydroxyl groups is 2. The topological polar surface area (TPSA) is 135 Å². The number of rotatable bonds is 4. The van der Waals surface area contributed by atoms with Crippen LogP contribution in [0.25, 0.3) is 11.2 Å². The highest BCUT2D eigenvalue weighted by molar-refractivity contribution is 5.93. The molecule has 0 saturated carbocycles. The number of fused-ring (bicyclic) bond motifs is 1. The molecule has 3 aromatic heterocycles. The summed E-state index contributed by atoms with van der Waals surface area (Å²) in [6.07, 6.45) is 2.50. The number of carbonyl (C=O) groups is 1. The van der Waals surface area contributed by atoms with E-state index in [9.17, 15) is 15.0 Å². The van der Waals surface area contributed by atoms with Crippen LogP contribution in [0.2, 0.25) is 0 Å². The molecule has 0 aliphatic carbocycles. The molecule has 3 aromatic rings. The third-order valence-electron chi connectivity index (χ3n) is 4.53. The number of aliphatic hydroxyl groups excluding tert-OH is 2. The van der Waals surface area contributed by atoms with Gasteiger partial charge in [0.2, 0.25) is 0 Å². The second-order valence-corrected chi connectivity index (χ2v) is 6.28. The first kappa shape index (κ1) is 17.5. The van der Waals surface area contributed by atoms with Gasteiger partial charge in [0.1, 0.15) is 24.1 Å². The summed E-state index contributed by atoms with van der Waals surface area (Å²) in [6, 6.07) is 3.35. The lowest BCUT2D eigenvalue weighted by Gasteiger charge is -2.16. The molecule has 0 radical (unpaired) electrons. The molecule has 4 heterocycles. The molecule has 0 spiro atoms. The molecule has 1 aliphatic rings. The van der Waals surface area contributed by atoms with Crippen LogP contribution in [0.4, 0.5) is 0 Å². The van der Waals surface area contributed by atoms with E-state index in [0.29, 0.717) is 22.4 Å². The number of imidazole rings is 1. The van der Waals surface area contributed by atoms with Crippen LogP contribution in [0.15, 0.2) is 37.2 Å². The minimum absolute atomic E-state index is 0.150. The summed E-state index contributed by atoms with van der Waals surface area (Å²) in [4.78, 5) is 28.8. The number of aromatic nitrogens is 5. The summed E-state index contributed by atoms with van der Waals surface area (Å²) in [5, 5.41) is 22.9. The van der Waals surface area contributed by atoms with E-state index in [2.05, 4.69) is 25.3 Å². The summed E-state index contributed by atoms with van der Waals surface area (Å²) in [6.45, 7) is 1.83. The maximum atomic E-state index is 12.2. The van der Waals surface area contributed by atoms with Gasteiger partial charge in [-0.2, -0.15) is 0 Å². The van der Waals surface area contributed by atoms with Crippen LogP contribution in [0.1, 0.15) is 29.2 Å². The minimum Gasteiger partial charge on any atom is -0.388 e. The fraction of sp³-hybridized carbons (Fsp3) is 0.353. The highest BCUT2D eigenvalue weighted by atomic mass is 16.6. The van der Waals surface area contributed by atoms with Crippen molar-refractivity contribution in [3.63, 3.8) is 0 Å². The van der Waals surface area contributed by atoms with Crippen molar-refractivity contribution in [3.05, 3.63) is 48.4 Å². The molecule has 140 valence electrons. The van der Waals surface area contributed by atoms with Gasteiger partial charge in [-0.3, -0.25) is 14.3 Å². The molecule has 4 rings (SSSR count). The number of nitrogens with zero attached hydrogens (tertiary/aromatic N) is 5. The van der Waals surface area contributed by atoms with E-state index in [1.54, 1.807) is 29.8 Å². The molecular weight excluding hydrogens is 352 g/mol. The highest BCUT2D eigenvalue weighted by Crippen LogP contribution is 2.31. The number of carbonyl (C=O) groups excluding carboxylic acids is 1. The Hall–Kier alpha value is -2.95. The van der Waals surface area contributed by atoms with Crippen LogP contribution >= 0.6 is 0 Å². The van der Waals surface area contributed by atoms with Gasteiger partial charge in [-0.25, -0.2) is 15.0 Å². The first-order valence-electron chi connectivity index (χ1n) is 8.42. The third-order valence-corrected chi connectivity index (χ3v) is 4.53. The van der Waals surface area contributed by atoms with Gasteiger partial charge in [0.25, 0.3) is 5.91 Å². The lowest BCUT2D eigenvalue weighted by atomic mass is 10.1. The Morgan fingerprint density at radius 2 is 2.15 bits per heavy atom. The average Bonchev–Trinajstić information content (AvgIpc) is 3.23. The maximum absolute atomic E-state index is 12.2. The van der Waals surface area contributed by atoms with Crippen molar-refractivity contribution in [3.8, 4) is 0 Å². The Balaban J connectivity index is 1.57. The fourth-order valence-corrected chi connectivity index (χ4v) is 3.04. The molecule has 27 heavy (non-hydrogen) atoms. The number of amides is 1. The van der Waals surface area contributed by atoms with Crippen molar-refractivity contribution in [1.29, 1.82) is 0 Å². The van der Waals surface area contributed by atoms with Gasteiger partial charge in [-0.1, -0.05) is 0 Å². The Morgan fingerprint density at radius 3 is 2.85 bits per heavy atom. The van der Waals surface area contributed by atoms with Crippen molar-refractivity contribution >= 4 is 17.1 Å². The first-order chi connectivity index (χ1) is 13.1. The largest absolute Gasteiger partial charge is 0.388 e. The zero-order valence-corrected chi connectivity index (χ0v) is 14.4. The third kappa shape index (κ3) is 3.14. The zero-order chi connectivity index (χ0) is 19.0. The second-order valence-electron chi connectivity index (χ2n) is 6.28. The van der Waals surface area contributed by atoms with Crippen molar-refractivity contribution in [2.24, 2.45) is 0 Å². The lowest BCUT2D eigenvalue weighted by molar-refractivity contribution is -0.0299. The first-order valence-corrected chi connectivity index (χ1v) is 8.42. The van der Waals surface area contributed by atoms with Crippen molar-refractivity contribution < 1.29 is 19.7 Å². The van der Waals surface area contributed by atoms with Gasteiger partial charge in [0.15, 0.2) is 11.9 Å². The molecule has 10 nitrogen and oxygen atoms in total. The van der Waals surface area contributed by atoms with Crippen LogP contribution in [0, 0.1) is 0 Å². The Kier molecular flexibility index (Phi) is 4.52. The quantitative estimate of drug-likeness (QED) is 0.574. The summed E-state index contributed by atoms with van der Waals surface area (Å²) >= 11 is 0. The Bertz CT molecular complexity index is 962. The van der Waals surface area contributed by atoms with E-state index in [-0.39, 0.29) is 12.5 Å². The van der Waals surface area contributed by atoms with E-state index in [0.717, 1.165) is 0 Å². The SMILES string of the molecule is C[C@H]1OC(n2cnc3c(CNC(=O)c4cccnc4)ncnc32)C(O)[C@@H]1O. The van der Waals surface area contributed by atoms with Crippen molar-refractivity contribution in [2.75, 3.05) is 0 Å². The van der Waals surface area contributed by atoms with E-state index < -0.39 is 24.5 Å². The molecule has 10 heteroatoms. The van der Waals surface area contributed by atoms with E-state index >= 15 is 0 Å². The molecule has 1 fully saturated rings. The summed E-state index contributed by atoms with van der Waals surface area (Å²) in [5.41, 5.74) is 1.89. The lowest BCUT2D eigenvalue weighted by Crippen LogP contribution is -2.30. The normalized spacial score (nSPS) is 25.0. The predicted octanol–water partition coefficient (Wildman–Crippen LogP) is -0.210. The molecule has 2 unspecified atom stereocenters. The van der Waals surface area contributed by atoms with Crippen LogP contribution in [-0.4, -0.2) is 58.9 Å². The summed E-state index contributed by atoms with van der Waals surface area (Å²) in [5.74, 6) is -0.277. The standard InChI is InChI=1S/C17H18N6O4/c1-9-13(24)14(25)17(27-9)23-8-22-12-11(20-7-21-15(12)23)6-19-16(26)10-3-2-4-18-5-10/h2-5,7-9,13-14,17,24-25H,6H2,1H3,(H,19,26)/t9-,13-,14?,17?/m1/s1. The molecule has 1 saturated heterocycles. The predicted molar refractivity (Wildman–Crippen MR) is 92.3 cm³/mol. The average molecular weight is 370 g/mol. The number of hydrogen-bond donors (Lipinski definition) is 3. The molecule has 0 aromatic carbocycles. The Morgan fingerprint density at radius 1 is 1.30 bits per heavy atom.